The zero-order chi connectivity index (χ0) is 17.4. The fourth-order valence-electron chi connectivity index (χ4n) is 3.21. The van der Waals surface area contributed by atoms with Gasteiger partial charge in [0.25, 0.3) is 0 Å². The Morgan fingerprint density at radius 3 is 2.60 bits per heavy atom. The summed E-state index contributed by atoms with van der Waals surface area (Å²) in [5.41, 5.74) is 4.25. The van der Waals surface area contributed by atoms with Crippen molar-refractivity contribution in [1.82, 2.24) is 25.5 Å². The van der Waals surface area contributed by atoms with Crippen molar-refractivity contribution >= 4 is 0 Å². The first-order valence-corrected chi connectivity index (χ1v) is 8.10. The molecule has 7 heteroatoms. The highest BCUT2D eigenvalue weighted by Gasteiger charge is 2.24. The van der Waals surface area contributed by atoms with Crippen molar-refractivity contribution in [2.24, 2.45) is 0 Å². The summed E-state index contributed by atoms with van der Waals surface area (Å²) in [6.07, 6.45) is 0. The predicted octanol–water partition coefficient (Wildman–Crippen LogP) is 2.32. The number of benzene rings is 2. The smallest absolute Gasteiger partial charge is 0.231 e. The molecule has 1 N–H and O–H groups in total. The van der Waals surface area contributed by atoms with Crippen molar-refractivity contribution in [2.45, 2.75) is 19.9 Å². The van der Waals surface area contributed by atoms with Gasteiger partial charge in [-0.25, -0.2) is 0 Å². The van der Waals surface area contributed by atoms with Crippen molar-refractivity contribution in [3.8, 4) is 17.2 Å². The average Bonchev–Trinajstić information content (AvgIpc) is 3.25. The van der Waals surface area contributed by atoms with Crippen LogP contribution in [0.4, 0.5) is 0 Å². The van der Waals surface area contributed by atoms with Gasteiger partial charge in [-0.1, -0.05) is 24.3 Å². The summed E-state index contributed by atoms with van der Waals surface area (Å²) in [5, 5.41) is 15.7. The molecule has 25 heavy (non-hydrogen) atoms. The maximum Gasteiger partial charge on any atom is 0.231 e. The summed E-state index contributed by atoms with van der Waals surface area (Å²) in [4.78, 5) is 0. The van der Waals surface area contributed by atoms with E-state index in [0.717, 1.165) is 39.7 Å². The Kier molecular flexibility index (Phi) is 3.85. The molecule has 128 valence electrons. The highest BCUT2D eigenvalue weighted by atomic mass is 16.7. The molecule has 2 aromatic carbocycles. The second kappa shape index (κ2) is 6.18. The van der Waals surface area contributed by atoms with E-state index in [1.807, 2.05) is 31.3 Å². The quantitative estimate of drug-likeness (QED) is 0.787. The van der Waals surface area contributed by atoms with Crippen LogP contribution in [0.1, 0.15) is 28.6 Å². The molecule has 0 saturated carbocycles. The number of fused-ring (bicyclic) bond motifs is 1. The number of rotatable bonds is 4. The molecule has 1 aliphatic heterocycles. The summed E-state index contributed by atoms with van der Waals surface area (Å²) >= 11 is 0. The van der Waals surface area contributed by atoms with E-state index in [-0.39, 0.29) is 12.8 Å². The molecule has 0 saturated heterocycles. The van der Waals surface area contributed by atoms with E-state index >= 15 is 0 Å². The molecule has 0 amide bonds. The third-order valence-electron chi connectivity index (χ3n) is 4.42. The minimum Gasteiger partial charge on any atom is -0.454 e. The lowest BCUT2D eigenvalue weighted by Crippen LogP contribution is -2.22. The van der Waals surface area contributed by atoms with Crippen LogP contribution in [0.25, 0.3) is 5.69 Å². The van der Waals surface area contributed by atoms with E-state index in [0.29, 0.717) is 0 Å². The van der Waals surface area contributed by atoms with Gasteiger partial charge in [0.05, 0.1) is 11.7 Å². The molecule has 1 atom stereocenters. The van der Waals surface area contributed by atoms with E-state index in [2.05, 4.69) is 46.8 Å². The maximum atomic E-state index is 5.50. The minimum absolute atomic E-state index is 0.177. The SMILES string of the molecule is CN[C@H](c1ccc2c(c1)OCO2)c1nnnn1-c1c(C)cccc1C. The summed E-state index contributed by atoms with van der Waals surface area (Å²) in [6, 6.07) is 11.8. The summed E-state index contributed by atoms with van der Waals surface area (Å²) in [6.45, 7) is 4.37. The molecule has 0 unspecified atom stereocenters. The number of nitrogens with one attached hydrogen (secondary N) is 1. The molecular weight excluding hydrogens is 318 g/mol. The fourth-order valence-corrected chi connectivity index (χ4v) is 3.21. The first kappa shape index (κ1) is 15.6. The maximum absolute atomic E-state index is 5.50. The van der Waals surface area contributed by atoms with Crippen LogP contribution in [0.2, 0.25) is 0 Å². The largest absolute Gasteiger partial charge is 0.454 e. The van der Waals surface area contributed by atoms with Gasteiger partial charge < -0.3 is 14.8 Å². The lowest BCUT2D eigenvalue weighted by atomic mass is 10.0. The van der Waals surface area contributed by atoms with Crippen molar-refractivity contribution in [1.29, 1.82) is 0 Å². The topological polar surface area (TPSA) is 74.1 Å². The number of aromatic nitrogens is 4. The summed E-state index contributed by atoms with van der Waals surface area (Å²) in [5.74, 6) is 2.22. The van der Waals surface area contributed by atoms with Gasteiger partial charge in [0.1, 0.15) is 0 Å². The van der Waals surface area contributed by atoms with Crippen LogP contribution in [-0.2, 0) is 0 Å². The predicted molar refractivity (Wildman–Crippen MR) is 92.1 cm³/mol. The molecule has 1 aromatic heterocycles. The zero-order valence-electron chi connectivity index (χ0n) is 14.4. The van der Waals surface area contributed by atoms with Gasteiger partial charge >= 0.3 is 0 Å². The standard InChI is InChI=1S/C18H19N5O2/c1-11-5-4-6-12(2)17(11)23-18(20-21-22-23)16(19-3)13-7-8-14-15(9-13)25-10-24-14/h4-9,16,19H,10H2,1-3H3/t16-/m1/s1. The van der Waals surface area contributed by atoms with Gasteiger partial charge in [0, 0.05) is 0 Å². The molecule has 3 aromatic rings. The third-order valence-corrected chi connectivity index (χ3v) is 4.42. The second-order valence-corrected chi connectivity index (χ2v) is 6.02. The second-order valence-electron chi connectivity index (χ2n) is 6.02. The van der Waals surface area contributed by atoms with Crippen LogP contribution < -0.4 is 14.8 Å². The van der Waals surface area contributed by atoms with Gasteiger partial charge in [-0.2, -0.15) is 4.68 Å². The van der Waals surface area contributed by atoms with Gasteiger partial charge in [-0.05, 0) is 60.1 Å². The van der Waals surface area contributed by atoms with E-state index in [1.165, 1.54) is 0 Å². The van der Waals surface area contributed by atoms with Crippen LogP contribution in [0.15, 0.2) is 36.4 Å². The molecule has 2 heterocycles. The van der Waals surface area contributed by atoms with Crippen molar-refractivity contribution in [2.75, 3.05) is 13.8 Å². The van der Waals surface area contributed by atoms with Gasteiger partial charge in [0.2, 0.25) is 6.79 Å². The molecule has 0 radical (unpaired) electrons. The minimum atomic E-state index is -0.177. The number of ether oxygens (including phenoxy) is 2. The average molecular weight is 337 g/mol. The number of nitrogens with zero attached hydrogens (tertiary/aromatic N) is 4. The highest BCUT2D eigenvalue weighted by molar-refractivity contribution is 5.49. The molecule has 0 fully saturated rings. The van der Waals surface area contributed by atoms with Gasteiger partial charge in [-0.15, -0.1) is 5.10 Å². The number of para-hydroxylation sites is 1. The Labute approximate surface area is 145 Å². The van der Waals surface area contributed by atoms with Crippen LogP contribution in [-0.4, -0.2) is 34.0 Å². The van der Waals surface area contributed by atoms with E-state index in [4.69, 9.17) is 9.47 Å². The lowest BCUT2D eigenvalue weighted by Gasteiger charge is -2.18. The Bertz CT molecular complexity index is 901. The van der Waals surface area contributed by atoms with Crippen LogP contribution in [0, 0.1) is 13.8 Å². The molecule has 4 rings (SSSR count). The lowest BCUT2D eigenvalue weighted by molar-refractivity contribution is 0.174. The number of hydrogen-bond donors (Lipinski definition) is 1. The molecule has 0 aliphatic carbocycles. The van der Waals surface area contributed by atoms with Gasteiger partial charge in [0.15, 0.2) is 17.3 Å². The van der Waals surface area contributed by atoms with Crippen LogP contribution in [0.3, 0.4) is 0 Å². The Hall–Kier alpha value is -2.93. The molecule has 0 spiro atoms. The summed E-state index contributed by atoms with van der Waals surface area (Å²) < 4.78 is 12.7. The van der Waals surface area contributed by atoms with Crippen molar-refractivity contribution < 1.29 is 9.47 Å². The fraction of sp³-hybridized carbons (Fsp3) is 0.278. The zero-order valence-corrected chi connectivity index (χ0v) is 14.4. The Morgan fingerprint density at radius 1 is 1.08 bits per heavy atom. The van der Waals surface area contributed by atoms with Crippen LogP contribution >= 0.6 is 0 Å². The number of tetrazole rings is 1. The first-order chi connectivity index (χ1) is 12.2. The normalized spacial score (nSPS) is 13.9. The van der Waals surface area contributed by atoms with Crippen molar-refractivity contribution in [3.63, 3.8) is 0 Å². The number of aryl methyl sites for hydroxylation is 2. The molecule has 1 aliphatic rings. The van der Waals surface area contributed by atoms with E-state index < -0.39 is 0 Å². The molecular formula is C18H19N5O2. The third kappa shape index (κ3) is 2.62. The van der Waals surface area contributed by atoms with Gasteiger partial charge in [-0.3, -0.25) is 0 Å². The molecule has 0 bridgehead atoms. The Balaban J connectivity index is 1.80. The monoisotopic (exact) mass is 337 g/mol. The van der Waals surface area contributed by atoms with Crippen LogP contribution in [0.5, 0.6) is 11.5 Å². The van der Waals surface area contributed by atoms with E-state index in [1.54, 1.807) is 4.68 Å². The number of hydrogen-bond acceptors (Lipinski definition) is 6. The molecule has 7 nitrogen and oxygen atoms in total. The van der Waals surface area contributed by atoms with E-state index in [9.17, 15) is 0 Å². The van der Waals surface area contributed by atoms with Crippen molar-refractivity contribution in [3.05, 3.63) is 58.9 Å². The first-order valence-electron chi connectivity index (χ1n) is 8.10. The Morgan fingerprint density at radius 2 is 1.84 bits per heavy atom. The highest BCUT2D eigenvalue weighted by Crippen LogP contribution is 2.35. The summed E-state index contributed by atoms with van der Waals surface area (Å²) in [7, 11) is 1.89.